The molecule has 2 N–H and O–H groups in total. The topological polar surface area (TPSA) is 98.1 Å². The molecule has 8 nitrogen and oxygen atoms in total. The van der Waals surface area contributed by atoms with Crippen LogP contribution in [0.4, 0.5) is 0 Å². The van der Waals surface area contributed by atoms with E-state index in [2.05, 4.69) is 16.0 Å². The number of carbonyl (C=O) groups excluding carboxylic acids is 2. The fourth-order valence-electron chi connectivity index (χ4n) is 3.30. The van der Waals surface area contributed by atoms with Gasteiger partial charge in [-0.15, -0.1) is 0 Å². The summed E-state index contributed by atoms with van der Waals surface area (Å²) < 4.78 is 7.20. The monoisotopic (exact) mass is 387 g/mol. The number of hydrogen-bond acceptors (Lipinski definition) is 5. The quantitative estimate of drug-likeness (QED) is 0.789. The first-order valence-electron chi connectivity index (χ1n) is 9.72. The fraction of sp³-hybridized carbons (Fsp3) is 0.600. The minimum absolute atomic E-state index is 0.140. The molecule has 0 spiro atoms. The van der Waals surface area contributed by atoms with E-state index in [0.717, 1.165) is 17.8 Å². The lowest BCUT2D eigenvalue weighted by Gasteiger charge is -2.20. The van der Waals surface area contributed by atoms with E-state index in [0.29, 0.717) is 29.6 Å². The Morgan fingerprint density at radius 3 is 2.57 bits per heavy atom. The SMILES string of the molecule is Cc1nn(C(C)(C)C)c2nc(C(C)C)cc(C(=O)NNC(=O)C3CCCO3)c12. The van der Waals surface area contributed by atoms with Gasteiger partial charge in [-0.05, 0) is 52.5 Å². The van der Waals surface area contributed by atoms with Gasteiger partial charge in [-0.3, -0.25) is 20.4 Å². The maximum atomic E-state index is 12.9. The Bertz CT molecular complexity index is 905. The highest BCUT2D eigenvalue weighted by atomic mass is 16.5. The highest BCUT2D eigenvalue weighted by Crippen LogP contribution is 2.28. The van der Waals surface area contributed by atoms with E-state index in [9.17, 15) is 9.59 Å². The molecule has 3 rings (SSSR count). The van der Waals surface area contributed by atoms with Gasteiger partial charge in [-0.2, -0.15) is 5.10 Å². The van der Waals surface area contributed by atoms with Crippen molar-refractivity contribution in [1.29, 1.82) is 0 Å². The first-order valence-corrected chi connectivity index (χ1v) is 9.72. The van der Waals surface area contributed by atoms with Gasteiger partial charge in [0.25, 0.3) is 11.8 Å². The molecule has 3 heterocycles. The lowest BCUT2D eigenvalue weighted by atomic mass is 10.0. The summed E-state index contributed by atoms with van der Waals surface area (Å²) in [5, 5.41) is 5.33. The second kappa shape index (κ2) is 7.50. The summed E-state index contributed by atoms with van der Waals surface area (Å²) in [7, 11) is 0. The number of carbonyl (C=O) groups is 2. The normalized spacial score (nSPS) is 17.3. The molecule has 1 unspecified atom stereocenters. The van der Waals surface area contributed by atoms with Crippen LogP contribution in [0.1, 0.15) is 75.1 Å². The molecule has 0 aliphatic carbocycles. The Morgan fingerprint density at radius 1 is 1.29 bits per heavy atom. The van der Waals surface area contributed by atoms with Gasteiger partial charge in [0.2, 0.25) is 0 Å². The fourth-order valence-corrected chi connectivity index (χ4v) is 3.30. The van der Waals surface area contributed by atoms with E-state index in [1.54, 1.807) is 6.07 Å². The van der Waals surface area contributed by atoms with Crippen molar-refractivity contribution in [3.8, 4) is 0 Å². The van der Waals surface area contributed by atoms with Gasteiger partial charge < -0.3 is 4.74 Å². The molecule has 152 valence electrons. The predicted molar refractivity (Wildman–Crippen MR) is 106 cm³/mol. The van der Waals surface area contributed by atoms with Crippen LogP contribution in [0.25, 0.3) is 11.0 Å². The Balaban J connectivity index is 1.97. The maximum Gasteiger partial charge on any atom is 0.270 e. The van der Waals surface area contributed by atoms with Crippen LogP contribution in [0.15, 0.2) is 6.07 Å². The number of nitrogens with one attached hydrogen (secondary N) is 2. The zero-order valence-corrected chi connectivity index (χ0v) is 17.4. The first kappa shape index (κ1) is 20.3. The second-order valence-electron chi connectivity index (χ2n) is 8.56. The zero-order valence-electron chi connectivity index (χ0n) is 17.4. The van der Waals surface area contributed by atoms with Crippen molar-refractivity contribution in [2.45, 2.75) is 71.9 Å². The average molecular weight is 387 g/mol. The van der Waals surface area contributed by atoms with Crippen LogP contribution in [0.2, 0.25) is 0 Å². The van der Waals surface area contributed by atoms with Crippen molar-refractivity contribution < 1.29 is 14.3 Å². The van der Waals surface area contributed by atoms with Crippen molar-refractivity contribution >= 4 is 22.8 Å². The molecule has 28 heavy (non-hydrogen) atoms. The molecule has 2 amide bonds. The van der Waals surface area contributed by atoms with Crippen molar-refractivity contribution in [3.63, 3.8) is 0 Å². The van der Waals surface area contributed by atoms with E-state index < -0.39 is 12.0 Å². The van der Waals surface area contributed by atoms with Crippen molar-refractivity contribution in [2.24, 2.45) is 0 Å². The summed E-state index contributed by atoms with van der Waals surface area (Å²) in [4.78, 5) is 29.9. The molecular formula is C20H29N5O3. The molecule has 1 fully saturated rings. The van der Waals surface area contributed by atoms with Gasteiger partial charge in [0.15, 0.2) is 5.65 Å². The van der Waals surface area contributed by atoms with E-state index >= 15 is 0 Å². The zero-order chi connectivity index (χ0) is 20.6. The summed E-state index contributed by atoms with van der Waals surface area (Å²) in [6.45, 7) is 12.6. The molecule has 0 bridgehead atoms. The third-order valence-electron chi connectivity index (χ3n) is 4.83. The molecule has 8 heteroatoms. The number of nitrogens with zero attached hydrogens (tertiary/aromatic N) is 3. The molecule has 1 saturated heterocycles. The number of hydrazine groups is 1. The summed E-state index contributed by atoms with van der Waals surface area (Å²) in [5.41, 5.74) is 7.38. The standard InChI is InChI=1S/C20H29N5O3/c1-11(2)14-10-13(18(26)22-23-19(27)15-8-7-9-28-15)16-12(3)24-25(17(16)21-14)20(4,5)6/h10-11,15H,7-9H2,1-6H3,(H,22,26)(H,23,27). The molecule has 0 aromatic carbocycles. The maximum absolute atomic E-state index is 12.9. The molecule has 2 aromatic rings. The lowest BCUT2D eigenvalue weighted by molar-refractivity contribution is -0.130. The minimum atomic E-state index is -0.505. The number of amides is 2. The van der Waals surface area contributed by atoms with Gasteiger partial charge in [-0.1, -0.05) is 13.8 Å². The van der Waals surface area contributed by atoms with Gasteiger partial charge >= 0.3 is 0 Å². The van der Waals surface area contributed by atoms with Crippen LogP contribution < -0.4 is 10.9 Å². The Labute approximate surface area is 165 Å². The summed E-state index contributed by atoms with van der Waals surface area (Å²) in [6.07, 6.45) is 1.00. The van der Waals surface area contributed by atoms with Crippen LogP contribution in [-0.2, 0) is 15.1 Å². The number of fused-ring (bicyclic) bond motifs is 1. The summed E-state index contributed by atoms with van der Waals surface area (Å²) >= 11 is 0. The second-order valence-corrected chi connectivity index (χ2v) is 8.56. The number of aryl methyl sites for hydroxylation is 1. The average Bonchev–Trinajstić information content (AvgIpc) is 3.26. The Hall–Kier alpha value is -2.48. The number of ether oxygens (including phenoxy) is 1. The van der Waals surface area contributed by atoms with Gasteiger partial charge in [0, 0.05) is 12.3 Å². The summed E-state index contributed by atoms with van der Waals surface area (Å²) in [5.74, 6) is -0.583. The summed E-state index contributed by atoms with van der Waals surface area (Å²) in [6, 6.07) is 1.78. The van der Waals surface area contributed by atoms with E-state index in [1.165, 1.54) is 0 Å². The predicted octanol–water partition coefficient (Wildman–Crippen LogP) is 2.56. The van der Waals surface area contributed by atoms with Crippen LogP contribution in [0.5, 0.6) is 0 Å². The van der Waals surface area contributed by atoms with E-state index in [4.69, 9.17) is 9.72 Å². The highest BCUT2D eigenvalue weighted by molar-refractivity contribution is 6.07. The number of aromatic nitrogens is 3. The highest BCUT2D eigenvalue weighted by Gasteiger charge is 2.27. The van der Waals surface area contributed by atoms with Crippen LogP contribution in [-0.4, -0.2) is 39.3 Å². The smallest absolute Gasteiger partial charge is 0.270 e. The van der Waals surface area contributed by atoms with Gasteiger partial charge in [0.05, 0.1) is 22.2 Å². The van der Waals surface area contributed by atoms with Crippen molar-refractivity contribution in [3.05, 3.63) is 23.0 Å². The van der Waals surface area contributed by atoms with Crippen molar-refractivity contribution in [2.75, 3.05) is 6.61 Å². The van der Waals surface area contributed by atoms with Gasteiger partial charge in [0.1, 0.15) is 6.10 Å². The number of pyridine rings is 1. The van der Waals surface area contributed by atoms with Gasteiger partial charge in [-0.25, -0.2) is 9.67 Å². The third kappa shape index (κ3) is 3.87. The molecular weight excluding hydrogens is 358 g/mol. The molecule has 1 aliphatic rings. The number of rotatable bonds is 3. The Kier molecular flexibility index (Phi) is 5.43. The minimum Gasteiger partial charge on any atom is -0.368 e. The molecule has 1 aliphatic heterocycles. The lowest BCUT2D eigenvalue weighted by Crippen LogP contribution is -2.46. The van der Waals surface area contributed by atoms with E-state index in [-0.39, 0.29) is 17.4 Å². The molecule has 0 radical (unpaired) electrons. The van der Waals surface area contributed by atoms with Crippen molar-refractivity contribution in [1.82, 2.24) is 25.6 Å². The molecule has 0 saturated carbocycles. The van der Waals surface area contributed by atoms with Crippen LogP contribution >= 0.6 is 0 Å². The number of hydrogen-bond donors (Lipinski definition) is 2. The van der Waals surface area contributed by atoms with Crippen LogP contribution in [0.3, 0.4) is 0 Å². The largest absolute Gasteiger partial charge is 0.368 e. The van der Waals surface area contributed by atoms with Crippen LogP contribution in [0, 0.1) is 6.92 Å². The van der Waals surface area contributed by atoms with E-state index in [1.807, 2.05) is 46.2 Å². The third-order valence-corrected chi connectivity index (χ3v) is 4.83. The molecule has 1 atom stereocenters. The first-order chi connectivity index (χ1) is 13.1. The molecule has 2 aromatic heterocycles. The Morgan fingerprint density at radius 2 is 2.00 bits per heavy atom.